The molecule has 1 aromatic rings. The van der Waals surface area contributed by atoms with E-state index in [4.69, 9.17) is 4.74 Å². The monoisotopic (exact) mass is 291 g/mol. The summed E-state index contributed by atoms with van der Waals surface area (Å²) in [7, 11) is 1.66. The van der Waals surface area contributed by atoms with Gasteiger partial charge in [0, 0.05) is 32.2 Å². The molecule has 1 N–H and O–H groups in total. The fourth-order valence-corrected chi connectivity index (χ4v) is 3.41. The molecule has 118 valence electrons. The molecule has 0 unspecified atom stereocenters. The molecule has 1 saturated heterocycles. The van der Waals surface area contributed by atoms with Crippen LogP contribution in [0.5, 0.6) is 0 Å². The highest BCUT2D eigenvalue weighted by atomic mass is 16.5. The number of benzene rings is 1. The van der Waals surface area contributed by atoms with E-state index in [0.717, 1.165) is 32.5 Å². The standard InChI is InChI=1S/C18H29NO2/c1-5-15-8-6-7-9-16(15)12-19-11-10-18(20,14-21-4)17(2,3)13-19/h6-9,20H,5,10-14H2,1-4H3/t18-/m1/s1. The van der Waals surface area contributed by atoms with E-state index in [1.807, 2.05) is 0 Å². The van der Waals surface area contributed by atoms with Crippen molar-refractivity contribution in [2.24, 2.45) is 5.41 Å². The average molecular weight is 291 g/mol. The minimum Gasteiger partial charge on any atom is -0.387 e. The molecule has 0 bridgehead atoms. The van der Waals surface area contributed by atoms with Crippen LogP contribution in [0.2, 0.25) is 0 Å². The van der Waals surface area contributed by atoms with E-state index in [2.05, 4.69) is 49.9 Å². The normalized spacial score (nSPS) is 26.0. The molecule has 0 saturated carbocycles. The third-order valence-corrected chi connectivity index (χ3v) is 5.00. The van der Waals surface area contributed by atoms with Gasteiger partial charge in [-0.1, -0.05) is 45.0 Å². The number of methoxy groups -OCH3 is 1. The lowest BCUT2D eigenvalue weighted by Gasteiger charge is -2.50. The predicted molar refractivity (Wildman–Crippen MR) is 86.3 cm³/mol. The van der Waals surface area contributed by atoms with Gasteiger partial charge in [-0.25, -0.2) is 0 Å². The fraction of sp³-hybridized carbons (Fsp3) is 0.667. The molecule has 1 atom stereocenters. The molecule has 1 fully saturated rings. The highest BCUT2D eigenvalue weighted by Gasteiger charge is 2.47. The molecule has 0 radical (unpaired) electrons. The second-order valence-corrected chi connectivity index (χ2v) is 6.93. The van der Waals surface area contributed by atoms with E-state index in [0.29, 0.717) is 6.61 Å². The van der Waals surface area contributed by atoms with Crippen molar-refractivity contribution in [2.75, 3.05) is 26.8 Å². The predicted octanol–water partition coefficient (Wildman–Crippen LogP) is 2.86. The molecule has 0 aliphatic carbocycles. The highest BCUT2D eigenvalue weighted by molar-refractivity contribution is 5.27. The van der Waals surface area contributed by atoms with Crippen molar-refractivity contribution in [1.29, 1.82) is 0 Å². The van der Waals surface area contributed by atoms with Gasteiger partial charge in [-0.2, -0.15) is 0 Å². The molecule has 3 nitrogen and oxygen atoms in total. The van der Waals surface area contributed by atoms with Gasteiger partial charge < -0.3 is 9.84 Å². The van der Waals surface area contributed by atoms with Crippen LogP contribution in [0.15, 0.2) is 24.3 Å². The van der Waals surface area contributed by atoms with Crippen LogP contribution in [-0.2, 0) is 17.7 Å². The Morgan fingerprint density at radius 2 is 1.90 bits per heavy atom. The fourth-order valence-electron chi connectivity index (χ4n) is 3.41. The minimum absolute atomic E-state index is 0.164. The number of aryl methyl sites for hydroxylation is 1. The van der Waals surface area contributed by atoms with Crippen LogP contribution in [0.4, 0.5) is 0 Å². The Kier molecular flexibility index (Phi) is 5.07. The van der Waals surface area contributed by atoms with Crippen LogP contribution in [0.25, 0.3) is 0 Å². The maximum Gasteiger partial charge on any atom is 0.0954 e. The van der Waals surface area contributed by atoms with Gasteiger partial charge in [-0.3, -0.25) is 4.90 Å². The van der Waals surface area contributed by atoms with Crippen LogP contribution in [0.3, 0.4) is 0 Å². The van der Waals surface area contributed by atoms with E-state index in [9.17, 15) is 5.11 Å². The van der Waals surface area contributed by atoms with Crippen molar-refractivity contribution < 1.29 is 9.84 Å². The zero-order valence-electron chi connectivity index (χ0n) is 13.9. The van der Waals surface area contributed by atoms with Gasteiger partial charge in [0.25, 0.3) is 0 Å². The van der Waals surface area contributed by atoms with Crippen molar-refractivity contribution in [2.45, 2.75) is 45.8 Å². The molecule has 1 aromatic carbocycles. The first-order valence-electron chi connectivity index (χ1n) is 7.92. The number of hydrogen-bond acceptors (Lipinski definition) is 3. The Hall–Kier alpha value is -0.900. The highest BCUT2D eigenvalue weighted by Crippen LogP contribution is 2.39. The zero-order valence-corrected chi connectivity index (χ0v) is 13.9. The van der Waals surface area contributed by atoms with Crippen LogP contribution in [-0.4, -0.2) is 42.4 Å². The Morgan fingerprint density at radius 1 is 1.24 bits per heavy atom. The second-order valence-electron chi connectivity index (χ2n) is 6.93. The van der Waals surface area contributed by atoms with Crippen molar-refractivity contribution in [3.63, 3.8) is 0 Å². The van der Waals surface area contributed by atoms with Crippen molar-refractivity contribution in [3.05, 3.63) is 35.4 Å². The first-order chi connectivity index (χ1) is 9.92. The molecule has 21 heavy (non-hydrogen) atoms. The lowest BCUT2D eigenvalue weighted by molar-refractivity contribution is -0.151. The molecule has 1 aliphatic rings. The minimum atomic E-state index is -0.720. The Labute approximate surface area is 128 Å². The summed E-state index contributed by atoms with van der Waals surface area (Å²) in [5.74, 6) is 0. The number of likely N-dealkylation sites (tertiary alicyclic amines) is 1. The topological polar surface area (TPSA) is 32.7 Å². The Balaban J connectivity index is 2.08. The van der Waals surface area contributed by atoms with Crippen LogP contribution < -0.4 is 0 Å². The van der Waals surface area contributed by atoms with E-state index in [1.54, 1.807) is 7.11 Å². The second kappa shape index (κ2) is 6.47. The summed E-state index contributed by atoms with van der Waals surface area (Å²) in [6.45, 7) is 9.69. The van der Waals surface area contributed by atoms with E-state index >= 15 is 0 Å². The largest absolute Gasteiger partial charge is 0.387 e. The maximum atomic E-state index is 10.8. The van der Waals surface area contributed by atoms with Crippen molar-refractivity contribution in [1.82, 2.24) is 4.90 Å². The number of piperidine rings is 1. The lowest BCUT2D eigenvalue weighted by Crippen LogP contribution is -2.59. The summed E-state index contributed by atoms with van der Waals surface area (Å²) >= 11 is 0. The summed E-state index contributed by atoms with van der Waals surface area (Å²) in [6, 6.07) is 8.66. The Morgan fingerprint density at radius 3 is 2.48 bits per heavy atom. The SMILES string of the molecule is CCc1ccccc1CN1CC[C@@](O)(COC)C(C)(C)C1. The lowest BCUT2D eigenvalue weighted by atomic mass is 9.70. The summed E-state index contributed by atoms with van der Waals surface area (Å²) < 4.78 is 5.24. The smallest absolute Gasteiger partial charge is 0.0954 e. The molecule has 1 heterocycles. The van der Waals surface area contributed by atoms with Crippen molar-refractivity contribution >= 4 is 0 Å². The third kappa shape index (κ3) is 3.47. The zero-order chi connectivity index (χ0) is 15.5. The van der Waals surface area contributed by atoms with Gasteiger partial charge >= 0.3 is 0 Å². The van der Waals surface area contributed by atoms with E-state index in [-0.39, 0.29) is 5.41 Å². The van der Waals surface area contributed by atoms with Gasteiger partial charge in [-0.05, 0) is 24.0 Å². The number of ether oxygens (including phenoxy) is 1. The molecule has 1 aliphatic heterocycles. The molecule has 2 rings (SSSR count). The van der Waals surface area contributed by atoms with Crippen LogP contribution in [0.1, 0.15) is 38.3 Å². The van der Waals surface area contributed by atoms with Crippen molar-refractivity contribution in [3.8, 4) is 0 Å². The molecule has 0 aromatic heterocycles. The van der Waals surface area contributed by atoms with Gasteiger partial charge in [0.2, 0.25) is 0 Å². The summed E-state index contributed by atoms with van der Waals surface area (Å²) in [5.41, 5.74) is 1.95. The summed E-state index contributed by atoms with van der Waals surface area (Å²) in [5, 5.41) is 10.8. The summed E-state index contributed by atoms with van der Waals surface area (Å²) in [6.07, 6.45) is 1.84. The molecule has 0 amide bonds. The molecular weight excluding hydrogens is 262 g/mol. The van der Waals surface area contributed by atoms with Crippen LogP contribution in [0, 0.1) is 5.41 Å². The third-order valence-electron chi connectivity index (χ3n) is 5.00. The van der Waals surface area contributed by atoms with Gasteiger partial charge in [0.15, 0.2) is 0 Å². The quantitative estimate of drug-likeness (QED) is 0.905. The van der Waals surface area contributed by atoms with Gasteiger partial charge in [0.1, 0.15) is 0 Å². The number of aliphatic hydroxyl groups is 1. The van der Waals surface area contributed by atoms with E-state index in [1.165, 1.54) is 11.1 Å². The molecular formula is C18H29NO2. The van der Waals surface area contributed by atoms with Gasteiger partial charge in [-0.15, -0.1) is 0 Å². The Bertz CT molecular complexity index is 472. The number of hydrogen-bond donors (Lipinski definition) is 1. The van der Waals surface area contributed by atoms with E-state index < -0.39 is 5.60 Å². The first kappa shape index (κ1) is 16.5. The van der Waals surface area contributed by atoms with Crippen LogP contribution >= 0.6 is 0 Å². The number of nitrogens with zero attached hydrogens (tertiary/aromatic N) is 1. The number of rotatable bonds is 5. The average Bonchev–Trinajstić information content (AvgIpc) is 2.44. The molecule has 3 heteroatoms. The maximum absolute atomic E-state index is 10.8. The summed E-state index contributed by atoms with van der Waals surface area (Å²) in [4.78, 5) is 2.46. The van der Waals surface area contributed by atoms with Gasteiger partial charge in [0.05, 0.1) is 12.2 Å². The first-order valence-corrected chi connectivity index (χ1v) is 7.92. The molecule has 0 spiro atoms.